The summed E-state index contributed by atoms with van der Waals surface area (Å²) in [4.78, 5) is 0.343. The Morgan fingerprint density at radius 2 is 1.81 bits per heavy atom. The molecule has 0 heterocycles. The fourth-order valence-corrected chi connectivity index (χ4v) is 3.27. The van der Waals surface area contributed by atoms with Crippen molar-refractivity contribution in [3.05, 3.63) is 24.3 Å². The normalized spacial score (nSPS) is 13.4. The molecule has 1 atom stereocenters. The maximum Gasteiger partial charge on any atom is 0.244 e. The smallest absolute Gasteiger partial charge is 0.244 e. The van der Waals surface area contributed by atoms with Gasteiger partial charge in [0.2, 0.25) is 10.0 Å². The summed E-state index contributed by atoms with van der Waals surface area (Å²) >= 11 is 0. The van der Waals surface area contributed by atoms with E-state index in [9.17, 15) is 8.42 Å². The van der Waals surface area contributed by atoms with Crippen LogP contribution < -0.4 is 5.32 Å². The molecule has 21 heavy (non-hydrogen) atoms. The number of anilines is 1. The number of para-hydroxylation sites is 1. The van der Waals surface area contributed by atoms with Gasteiger partial charge in [-0.15, -0.1) is 0 Å². The Morgan fingerprint density at radius 1 is 1.14 bits per heavy atom. The zero-order chi connectivity index (χ0) is 15.9. The van der Waals surface area contributed by atoms with E-state index < -0.39 is 10.0 Å². The first-order valence-electron chi connectivity index (χ1n) is 7.67. The van der Waals surface area contributed by atoms with Crippen molar-refractivity contribution in [3.8, 4) is 0 Å². The van der Waals surface area contributed by atoms with Crippen molar-refractivity contribution in [2.75, 3.05) is 19.4 Å². The first kappa shape index (κ1) is 18.0. The molecule has 0 fully saturated rings. The second-order valence-corrected chi connectivity index (χ2v) is 7.80. The van der Waals surface area contributed by atoms with Crippen LogP contribution in [0.25, 0.3) is 0 Å². The number of hydrogen-bond donors (Lipinski definition) is 1. The molecular weight excluding hydrogens is 284 g/mol. The Balaban J connectivity index is 2.76. The van der Waals surface area contributed by atoms with Crippen molar-refractivity contribution in [1.29, 1.82) is 0 Å². The van der Waals surface area contributed by atoms with Gasteiger partial charge in [0.05, 0.1) is 5.69 Å². The van der Waals surface area contributed by atoms with E-state index >= 15 is 0 Å². The number of sulfonamides is 1. The van der Waals surface area contributed by atoms with Crippen LogP contribution in [0.2, 0.25) is 0 Å². The van der Waals surface area contributed by atoms with Crippen LogP contribution in [0.5, 0.6) is 0 Å². The van der Waals surface area contributed by atoms with E-state index in [2.05, 4.69) is 19.2 Å². The lowest BCUT2D eigenvalue weighted by molar-refractivity contribution is 0.520. The van der Waals surface area contributed by atoms with Gasteiger partial charge in [-0.1, -0.05) is 44.7 Å². The second kappa shape index (κ2) is 8.39. The fourth-order valence-electron chi connectivity index (χ4n) is 2.22. The molecule has 1 aromatic rings. The van der Waals surface area contributed by atoms with Gasteiger partial charge in [-0.3, -0.25) is 0 Å². The molecule has 0 saturated carbocycles. The van der Waals surface area contributed by atoms with Gasteiger partial charge in [-0.25, -0.2) is 12.7 Å². The highest BCUT2D eigenvalue weighted by Crippen LogP contribution is 2.24. The van der Waals surface area contributed by atoms with E-state index in [4.69, 9.17) is 0 Å². The molecule has 120 valence electrons. The van der Waals surface area contributed by atoms with Crippen LogP contribution in [0.3, 0.4) is 0 Å². The molecule has 1 N–H and O–H groups in total. The topological polar surface area (TPSA) is 49.4 Å². The van der Waals surface area contributed by atoms with E-state index in [1.54, 1.807) is 26.2 Å². The van der Waals surface area contributed by atoms with Gasteiger partial charge in [-0.05, 0) is 25.5 Å². The van der Waals surface area contributed by atoms with Crippen molar-refractivity contribution in [2.45, 2.75) is 56.9 Å². The third kappa shape index (κ3) is 5.32. The maximum absolute atomic E-state index is 12.3. The molecule has 0 spiro atoms. The molecule has 1 unspecified atom stereocenters. The highest BCUT2D eigenvalue weighted by atomic mass is 32.2. The number of nitrogens with one attached hydrogen (secondary N) is 1. The summed E-state index contributed by atoms with van der Waals surface area (Å²) in [5.74, 6) is 0. The number of unbranched alkanes of at least 4 members (excludes halogenated alkanes) is 3. The monoisotopic (exact) mass is 312 g/mol. The van der Waals surface area contributed by atoms with E-state index in [-0.39, 0.29) is 6.04 Å². The molecule has 0 aliphatic carbocycles. The summed E-state index contributed by atoms with van der Waals surface area (Å²) < 4.78 is 25.9. The average Bonchev–Trinajstić information content (AvgIpc) is 2.44. The van der Waals surface area contributed by atoms with Crippen molar-refractivity contribution >= 4 is 15.7 Å². The molecule has 1 aromatic carbocycles. The predicted molar refractivity (Wildman–Crippen MR) is 89.2 cm³/mol. The maximum atomic E-state index is 12.3. The lowest BCUT2D eigenvalue weighted by Crippen LogP contribution is -2.24. The Bertz CT molecular complexity index is 527. The molecule has 0 radical (unpaired) electrons. The molecule has 0 amide bonds. The lowest BCUT2D eigenvalue weighted by Gasteiger charge is -2.20. The standard InChI is InChI=1S/C16H28N2O2S/c1-5-6-7-8-11-14(2)17-15-12-9-10-13-16(15)21(19,20)18(3)4/h9-10,12-14,17H,5-8,11H2,1-4H3. The van der Waals surface area contributed by atoms with Crippen molar-refractivity contribution in [2.24, 2.45) is 0 Å². The SMILES string of the molecule is CCCCCCC(C)Nc1ccccc1S(=O)(=O)N(C)C. The molecule has 0 aliphatic rings. The Labute approximate surface area is 129 Å². The molecule has 0 saturated heterocycles. The third-order valence-electron chi connectivity index (χ3n) is 3.54. The third-order valence-corrected chi connectivity index (χ3v) is 5.41. The second-order valence-electron chi connectivity index (χ2n) is 5.68. The largest absolute Gasteiger partial charge is 0.381 e. The van der Waals surface area contributed by atoms with Crippen LogP contribution in [-0.4, -0.2) is 32.9 Å². The Morgan fingerprint density at radius 3 is 2.43 bits per heavy atom. The van der Waals surface area contributed by atoms with Crippen LogP contribution >= 0.6 is 0 Å². The van der Waals surface area contributed by atoms with Gasteiger partial charge in [0.15, 0.2) is 0 Å². The van der Waals surface area contributed by atoms with Crippen molar-refractivity contribution in [1.82, 2.24) is 4.31 Å². The van der Waals surface area contributed by atoms with Gasteiger partial charge in [0, 0.05) is 20.1 Å². The summed E-state index contributed by atoms with van der Waals surface area (Å²) in [6.07, 6.45) is 5.95. The minimum atomic E-state index is -3.41. The first-order valence-corrected chi connectivity index (χ1v) is 9.11. The summed E-state index contributed by atoms with van der Waals surface area (Å²) in [7, 11) is -0.300. The molecule has 4 nitrogen and oxygen atoms in total. The number of benzene rings is 1. The minimum Gasteiger partial charge on any atom is -0.381 e. The van der Waals surface area contributed by atoms with Gasteiger partial charge in [-0.2, -0.15) is 0 Å². The van der Waals surface area contributed by atoms with E-state index in [1.165, 1.54) is 30.0 Å². The summed E-state index contributed by atoms with van der Waals surface area (Å²) in [6.45, 7) is 4.30. The van der Waals surface area contributed by atoms with E-state index in [0.717, 1.165) is 6.42 Å². The minimum absolute atomic E-state index is 0.264. The number of nitrogens with zero attached hydrogens (tertiary/aromatic N) is 1. The van der Waals surface area contributed by atoms with E-state index in [1.807, 2.05) is 12.1 Å². The van der Waals surface area contributed by atoms with Gasteiger partial charge in [0.25, 0.3) is 0 Å². The predicted octanol–water partition coefficient (Wildman–Crippen LogP) is 3.71. The zero-order valence-corrected chi connectivity index (χ0v) is 14.4. The van der Waals surface area contributed by atoms with Gasteiger partial charge >= 0.3 is 0 Å². The molecule has 0 bridgehead atoms. The van der Waals surface area contributed by atoms with E-state index in [0.29, 0.717) is 10.6 Å². The highest BCUT2D eigenvalue weighted by molar-refractivity contribution is 7.89. The van der Waals surface area contributed by atoms with Crippen molar-refractivity contribution in [3.63, 3.8) is 0 Å². The molecular formula is C16H28N2O2S. The lowest BCUT2D eigenvalue weighted by atomic mass is 10.1. The summed E-state index contributed by atoms with van der Waals surface area (Å²) in [5.41, 5.74) is 0.689. The first-order chi connectivity index (χ1) is 9.89. The zero-order valence-electron chi connectivity index (χ0n) is 13.6. The Hall–Kier alpha value is -1.07. The highest BCUT2D eigenvalue weighted by Gasteiger charge is 2.21. The summed E-state index contributed by atoms with van der Waals surface area (Å²) in [5, 5.41) is 3.34. The van der Waals surface area contributed by atoms with Crippen LogP contribution in [0.1, 0.15) is 46.0 Å². The quantitative estimate of drug-likeness (QED) is 0.707. The molecule has 0 aromatic heterocycles. The van der Waals surface area contributed by atoms with Crippen LogP contribution in [0.4, 0.5) is 5.69 Å². The van der Waals surface area contributed by atoms with Crippen LogP contribution in [0.15, 0.2) is 29.2 Å². The van der Waals surface area contributed by atoms with Crippen molar-refractivity contribution < 1.29 is 8.42 Å². The number of hydrogen-bond acceptors (Lipinski definition) is 3. The number of rotatable bonds is 9. The average molecular weight is 312 g/mol. The van der Waals surface area contributed by atoms with Crippen LogP contribution in [-0.2, 0) is 10.0 Å². The molecule has 0 aliphatic heterocycles. The fraction of sp³-hybridized carbons (Fsp3) is 0.625. The molecule has 5 heteroatoms. The Kier molecular flexibility index (Phi) is 7.18. The van der Waals surface area contributed by atoms with Crippen LogP contribution in [0, 0.1) is 0 Å². The van der Waals surface area contributed by atoms with Gasteiger partial charge in [0.1, 0.15) is 4.90 Å². The summed E-state index contributed by atoms with van der Waals surface area (Å²) in [6, 6.07) is 7.37. The molecule has 1 rings (SSSR count). The van der Waals surface area contributed by atoms with Gasteiger partial charge < -0.3 is 5.32 Å².